The van der Waals surface area contributed by atoms with Crippen LogP contribution < -0.4 is 14.4 Å². The predicted molar refractivity (Wildman–Crippen MR) is 177 cm³/mol. The number of hydrogen-bond donors (Lipinski definition) is 0. The third-order valence-electron chi connectivity index (χ3n) is 6.77. The molecule has 0 heterocycles. The van der Waals surface area contributed by atoms with Gasteiger partial charge in [0, 0.05) is 28.7 Å². The van der Waals surface area contributed by atoms with Gasteiger partial charge in [-0.1, -0.05) is 86.0 Å². The van der Waals surface area contributed by atoms with Gasteiger partial charge in [0.1, 0.15) is 11.5 Å². The minimum atomic E-state index is -0.525. The highest BCUT2D eigenvalue weighted by molar-refractivity contribution is 5.92. The fourth-order valence-corrected chi connectivity index (χ4v) is 4.58. The van der Waals surface area contributed by atoms with Gasteiger partial charge in [0.2, 0.25) is 0 Å². The van der Waals surface area contributed by atoms with Crippen molar-refractivity contribution in [3.05, 3.63) is 175 Å². The Kier molecular flexibility index (Phi) is 9.28. The van der Waals surface area contributed by atoms with Gasteiger partial charge in [-0.15, -0.1) is 0 Å². The average molecular weight is 578 g/mol. The van der Waals surface area contributed by atoms with Gasteiger partial charge in [-0.2, -0.15) is 0 Å². The molecule has 0 aromatic heterocycles. The number of carbonyl (C=O) groups excluding carboxylic acids is 2. The molecule has 0 spiro atoms. The van der Waals surface area contributed by atoms with E-state index in [1.54, 1.807) is 31.2 Å². The molecular weight excluding hydrogens is 546 g/mol. The van der Waals surface area contributed by atoms with Crippen LogP contribution in [-0.2, 0) is 9.59 Å². The minimum Gasteiger partial charge on any atom is -0.423 e. The Labute approximate surface area is 257 Å². The second kappa shape index (κ2) is 13.8. The van der Waals surface area contributed by atoms with E-state index < -0.39 is 11.9 Å². The quantitative estimate of drug-likeness (QED) is 0.0716. The zero-order chi connectivity index (χ0) is 30.9. The second-order valence-electron chi connectivity index (χ2n) is 10.00. The Morgan fingerprint density at radius 2 is 1.05 bits per heavy atom. The maximum absolute atomic E-state index is 12.0. The summed E-state index contributed by atoms with van der Waals surface area (Å²) in [6.45, 7) is 8.70. The molecule has 0 aliphatic heterocycles. The molecule has 5 nitrogen and oxygen atoms in total. The van der Waals surface area contributed by atoms with Gasteiger partial charge < -0.3 is 14.4 Å². The fraction of sp³-hybridized carbons (Fsp3) is 0.0256. The maximum Gasteiger partial charge on any atom is 0.338 e. The zero-order valence-corrected chi connectivity index (χ0v) is 24.4. The number of esters is 2. The van der Waals surface area contributed by atoms with Gasteiger partial charge in [-0.05, 0) is 95.9 Å². The monoisotopic (exact) mass is 577 g/mol. The van der Waals surface area contributed by atoms with Gasteiger partial charge in [0.15, 0.2) is 0 Å². The summed E-state index contributed by atoms with van der Waals surface area (Å²) in [5.41, 5.74) is 7.35. The van der Waals surface area contributed by atoms with E-state index in [9.17, 15) is 9.59 Å². The highest BCUT2D eigenvalue weighted by Crippen LogP contribution is 2.37. The number of nitrogens with zero attached hydrogens (tertiary/aromatic N) is 1. The van der Waals surface area contributed by atoms with E-state index in [2.05, 4.69) is 72.7 Å². The zero-order valence-electron chi connectivity index (χ0n) is 24.4. The number of hydrogen-bond acceptors (Lipinski definition) is 5. The van der Waals surface area contributed by atoms with E-state index in [0.717, 1.165) is 45.4 Å². The molecule has 0 radical (unpaired) electrons. The summed E-state index contributed by atoms with van der Waals surface area (Å²) in [7, 11) is 0. The molecular formula is C39H31NO4. The summed E-state index contributed by atoms with van der Waals surface area (Å²) in [5, 5.41) is 0. The van der Waals surface area contributed by atoms with Crippen molar-refractivity contribution in [2.24, 2.45) is 0 Å². The normalized spacial score (nSPS) is 10.3. The first-order chi connectivity index (χ1) is 21.4. The molecule has 0 fully saturated rings. The molecule has 216 valence electrons. The summed E-state index contributed by atoms with van der Waals surface area (Å²) in [5.74, 6) is -0.171. The Hall–Kier alpha value is -5.94. The Morgan fingerprint density at radius 1 is 0.614 bits per heavy atom. The average Bonchev–Trinajstić information content (AvgIpc) is 3.06. The lowest BCUT2D eigenvalue weighted by Crippen LogP contribution is -2.11. The second-order valence-corrected chi connectivity index (χ2v) is 10.00. The largest absolute Gasteiger partial charge is 0.423 e. The first-order valence-corrected chi connectivity index (χ1v) is 14.1. The predicted octanol–water partition coefficient (Wildman–Crippen LogP) is 9.32. The molecule has 0 atom stereocenters. The topological polar surface area (TPSA) is 55.8 Å². The summed E-state index contributed by atoms with van der Waals surface area (Å²) < 4.78 is 10.7. The molecule has 0 saturated carbocycles. The first kappa shape index (κ1) is 29.5. The summed E-state index contributed by atoms with van der Waals surface area (Å²) >= 11 is 0. The van der Waals surface area contributed by atoms with Gasteiger partial charge >= 0.3 is 11.9 Å². The van der Waals surface area contributed by atoms with Crippen LogP contribution in [0.4, 0.5) is 17.1 Å². The lowest BCUT2D eigenvalue weighted by atomic mass is 9.95. The smallest absolute Gasteiger partial charge is 0.338 e. The summed E-state index contributed by atoms with van der Waals surface area (Å²) in [6, 6.07) is 43.4. The van der Waals surface area contributed by atoms with Crippen LogP contribution in [0.5, 0.6) is 11.5 Å². The number of carbonyl (C=O) groups is 2. The first-order valence-electron chi connectivity index (χ1n) is 14.1. The van der Waals surface area contributed by atoms with Crippen molar-refractivity contribution in [3.63, 3.8) is 0 Å². The number of rotatable bonds is 10. The van der Waals surface area contributed by atoms with Gasteiger partial charge in [0.25, 0.3) is 0 Å². The van der Waals surface area contributed by atoms with Gasteiger partial charge in [-0.25, -0.2) is 9.59 Å². The van der Waals surface area contributed by atoms with Crippen LogP contribution in [0.1, 0.15) is 23.6 Å². The van der Waals surface area contributed by atoms with Crippen molar-refractivity contribution in [2.45, 2.75) is 6.92 Å². The van der Waals surface area contributed by atoms with Crippen LogP contribution in [0.15, 0.2) is 158 Å². The van der Waals surface area contributed by atoms with Crippen LogP contribution in [0.3, 0.4) is 0 Å². The molecule has 0 bridgehead atoms. The highest BCUT2D eigenvalue weighted by atomic mass is 16.5. The van der Waals surface area contributed by atoms with E-state index in [1.807, 2.05) is 60.7 Å². The molecule has 0 amide bonds. The van der Waals surface area contributed by atoms with Crippen LogP contribution in [0, 0.1) is 0 Å². The molecule has 0 N–H and O–H groups in total. The molecule has 5 aromatic carbocycles. The third-order valence-corrected chi connectivity index (χ3v) is 6.77. The van der Waals surface area contributed by atoms with Crippen LogP contribution in [0.25, 0.3) is 11.6 Å². The third kappa shape index (κ3) is 7.27. The number of anilines is 3. The summed E-state index contributed by atoms with van der Waals surface area (Å²) in [6.07, 6.45) is 3.31. The van der Waals surface area contributed by atoms with Crippen molar-refractivity contribution in [3.8, 4) is 11.5 Å². The standard InChI is InChI=1S/C39H31NO4/c1-4-38(41)43-35-23-19-33(20-24-35)40(34-21-25-36(26-22-34)44-39(42)28(2)3)32-17-15-29(16-18-32)27-37(30-11-7-5-8-12-30)31-13-9-6-10-14-31/h4-27H,1-2H2,3H3. The lowest BCUT2D eigenvalue weighted by molar-refractivity contribution is -0.130. The van der Waals surface area contributed by atoms with Crippen molar-refractivity contribution in [1.29, 1.82) is 0 Å². The molecule has 5 rings (SSSR count). The van der Waals surface area contributed by atoms with E-state index in [-0.39, 0.29) is 0 Å². The lowest BCUT2D eigenvalue weighted by Gasteiger charge is -2.26. The summed E-state index contributed by atoms with van der Waals surface area (Å²) in [4.78, 5) is 25.8. The van der Waals surface area contributed by atoms with Crippen molar-refractivity contribution in [1.82, 2.24) is 0 Å². The molecule has 5 heteroatoms. The Morgan fingerprint density at radius 3 is 1.48 bits per heavy atom. The van der Waals surface area contributed by atoms with E-state index >= 15 is 0 Å². The van der Waals surface area contributed by atoms with E-state index in [1.165, 1.54) is 0 Å². The Bertz CT molecular complexity index is 1750. The van der Waals surface area contributed by atoms with Gasteiger partial charge in [-0.3, -0.25) is 0 Å². The van der Waals surface area contributed by atoms with Crippen molar-refractivity contribution < 1.29 is 19.1 Å². The SMILES string of the molecule is C=CC(=O)Oc1ccc(N(c2ccc(C=C(c3ccccc3)c3ccccc3)cc2)c2ccc(OC(=O)C(=C)C)cc2)cc1. The van der Waals surface area contributed by atoms with Crippen LogP contribution in [0.2, 0.25) is 0 Å². The molecule has 0 aliphatic rings. The molecule has 44 heavy (non-hydrogen) atoms. The number of ether oxygens (including phenoxy) is 2. The van der Waals surface area contributed by atoms with Crippen molar-refractivity contribution in [2.75, 3.05) is 4.90 Å². The molecule has 0 unspecified atom stereocenters. The minimum absolute atomic E-state index is 0.324. The van der Waals surface area contributed by atoms with Crippen LogP contribution in [-0.4, -0.2) is 11.9 Å². The van der Waals surface area contributed by atoms with E-state index in [0.29, 0.717) is 17.1 Å². The van der Waals surface area contributed by atoms with Gasteiger partial charge in [0.05, 0.1) is 0 Å². The number of benzene rings is 5. The molecule has 5 aromatic rings. The van der Waals surface area contributed by atoms with Crippen LogP contribution >= 0.6 is 0 Å². The van der Waals surface area contributed by atoms with E-state index in [4.69, 9.17) is 9.47 Å². The molecule has 0 saturated heterocycles. The fourth-order valence-electron chi connectivity index (χ4n) is 4.58. The Balaban J connectivity index is 1.51. The maximum atomic E-state index is 12.0. The highest BCUT2D eigenvalue weighted by Gasteiger charge is 2.15. The van der Waals surface area contributed by atoms with Crippen molar-refractivity contribution >= 4 is 40.6 Å². The molecule has 0 aliphatic carbocycles.